The van der Waals surface area contributed by atoms with Gasteiger partial charge < -0.3 is 5.32 Å². The van der Waals surface area contributed by atoms with Gasteiger partial charge in [0.05, 0.1) is 0 Å². The minimum atomic E-state index is 0.0567. The van der Waals surface area contributed by atoms with Gasteiger partial charge >= 0.3 is 0 Å². The molecule has 0 saturated heterocycles. The molecule has 0 radical (unpaired) electrons. The quantitative estimate of drug-likeness (QED) is 0.611. The predicted octanol–water partition coefficient (Wildman–Crippen LogP) is 1.48. The highest BCUT2D eigenvalue weighted by atomic mass is 16.1. The van der Waals surface area contributed by atoms with Crippen molar-refractivity contribution in [2.45, 2.75) is 32.7 Å². The first-order chi connectivity index (χ1) is 5.24. The van der Waals surface area contributed by atoms with E-state index in [0.717, 1.165) is 12.8 Å². The first-order valence-electron chi connectivity index (χ1n) is 4.21. The van der Waals surface area contributed by atoms with E-state index in [9.17, 15) is 4.79 Å². The Hall–Kier alpha value is -0.790. The third-order valence-corrected chi connectivity index (χ3v) is 1.94. The molecule has 0 aliphatic heterocycles. The fraction of sp³-hybridized carbons (Fsp3) is 0.667. The van der Waals surface area contributed by atoms with Gasteiger partial charge in [0.1, 0.15) is 0 Å². The smallest absolute Gasteiger partial charge is 0.243 e. The van der Waals surface area contributed by atoms with E-state index in [0.29, 0.717) is 12.0 Å². The lowest BCUT2D eigenvalue weighted by molar-refractivity contribution is -0.116. The highest BCUT2D eigenvalue weighted by Crippen LogP contribution is 2.28. The maximum Gasteiger partial charge on any atom is 0.243 e. The number of allylic oxidation sites excluding steroid dienone is 1. The third kappa shape index (κ3) is 2.74. The Morgan fingerprint density at radius 2 is 2.36 bits per heavy atom. The maximum absolute atomic E-state index is 11.0. The zero-order valence-electron chi connectivity index (χ0n) is 7.13. The maximum atomic E-state index is 11.0. The molecule has 1 N–H and O–H groups in total. The monoisotopic (exact) mass is 153 g/mol. The molecule has 1 fully saturated rings. The lowest BCUT2D eigenvalue weighted by atomic mass is 10.4. The van der Waals surface area contributed by atoms with Crippen LogP contribution in [0.5, 0.6) is 0 Å². The van der Waals surface area contributed by atoms with E-state index in [2.05, 4.69) is 12.2 Å². The number of amides is 1. The highest BCUT2D eigenvalue weighted by Gasteiger charge is 2.33. The van der Waals surface area contributed by atoms with Crippen molar-refractivity contribution in [3.63, 3.8) is 0 Å². The molecule has 2 nitrogen and oxygen atoms in total. The van der Waals surface area contributed by atoms with Crippen molar-refractivity contribution in [3.8, 4) is 0 Å². The van der Waals surface area contributed by atoms with Crippen molar-refractivity contribution in [1.29, 1.82) is 0 Å². The summed E-state index contributed by atoms with van der Waals surface area (Å²) in [5, 5.41) is 2.91. The molecule has 0 aromatic rings. The molecule has 1 amide bonds. The van der Waals surface area contributed by atoms with Crippen LogP contribution in [0.2, 0.25) is 0 Å². The Kier molecular flexibility index (Phi) is 2.69. The van der Waals surface area contributed by atoms with Gasteiger partial charge in [-0.05, 0) is 24.8 Å². The van der Waals surface area contributed by atoms with Crippen LogP contribution in [0.4, 0.5) is 0 Å². The predicted molar refractivity (Wildman–Crippen MR) is 45.1 cm³/mol. The Morgan fingerprint density at radius 1 is 1.73 bits per heavy atom. The van der Waals surface area contributed by atoms with Crippen LogP contribution in [0.1, 0.15) is 26.7 Å². The zero-order chi connectivity index (χ0) is 8.27. The molecule has 1 saturated carbocycles. The topological polar surface area (TPSA) is 29.1 Å². The first-order valence-corrected chi connectivity index (χ1v) is 4.21. The summed E-state index contributed by atoms with van der Waals surface area (Å²) in [5.41, 5.74) is 0. The molecule has 1 rings (SSSR count). The van der Waals surface area contributed by atoms with Crippen molar-refractivity contribution < 1.29 is 4.79 Å². The average Bonchev–Trinajstić information content (AvgIpc) is 2.62. The van der Waals surface area contributed by atoms with Crippen LogP contribution in [-0.2, 0) is 4.79 Å². The van der Waals surface area contributed by atoms with Gasteiger partial charge in [0.25, 0.3) is 0 Å². The van der Waals surface area contributed by atoms with Crippen LogP contribution in [-0.4, -0.2) is 11.9 Å². The van der Waals surface area contributed by atoms with Crippen LogP contribution >= 0.6 is 0 Å². The van der Waals surface area contributed by atoms with Gasteiger partial charge in [-0.15, -0.1) is 0 Å². The van der Waals surface area contributed by atoms with Gasteiger partial charge in [-0.25, -0.2) is 0 Å². The minimum Gasteiger partial charge on any atom is -0.350 e. The summed E-state index contributed by atoms with van der Waals surface area (Å²) in [5.74, 6) is 0.746. The molecule has 0 spiro atoms. The molecule has 0 aromatic carbocycles. The van der Waals surface area contributed by atoms with Gasteiger partial charge in [0, 0.05) is 6.04 Å². The van der Waals surface area contributed by atoms with Crippen LogP contribution in [0.15, 0.2) is 12.2 Å². The second-order valence-corrected chi connectivity index (χ2v) is 3.14. The van der Waals surface area contributed by atoms with Crippen molar-refractivity contribution >= 4 is 5.91 Å². The van der Waals surface area contributed by atoms with Crippen molar-refractivity contribution in [3.05, 3.63) is 12.2 Å². The molecular formula is C9H15NO. The van der Waals surface area contributed by atoms with Gasteiger partial charge in [0.2, 0.25) is 5.91 Å². The summed E-state index contributed by atoms with van der Waals surface area (Å²) in [6.07, 6.45) is 5.56. The molecule has 62 valence electrons. The van der Waals surface area contributed by atoms with Gasteiger partial charge in [-0.2, -0.15) is 0 Å². The van der Waals surface area contributed by atoms with Crippen molar-refractivity contribution in [2.75, 3.05) is 0 Å². The van der Waals surface area contributed by atoms with E-state index < -0.39 is 0 Å². The SMILES string of the molecule is CC/C=C/C(=O)NC1CC1C. The number of rotatable bonds is 3. The fourth-order valence-corrected chi connectivity index (χ4v) is 0.979. The Balaban J connectivity index is 2.16. The Bertz CT molecular complexity index is 174. The second-order valence-electron chi connectivity index (χ2n) is 3.14. The van der Waals surface area contributed by atoms with E-state index in [1.807, 2.05) is 13.0 Å². The molecule has 0 aromatic heterocycles. The third-order valence-electron chi connectivity index (χ3n) is 1.94. The number of hydrogen-bond donors (Lipinski definition) is 1. The molecule has 1 aliphatic rings. The Labute approximate surface area is 67.7 Å². The molecule has 2 heteroatoms. The normalized spacial score (nSPS) is 28.9. The number of carbonyl (C=O) groups is 1. The molecule has 1 aliphatic carbocycles. The zero-order valence-corrected chi connectivity index (χ0v) is 7.13. The summed E-state index contributed by atoms with van der Waals surface area (Å²) in [6, 6.07) is 0.448. The first kappa shape index (κ1) is 8.31. The lowest BCUT2D eigenvalue weighted by Gasteiger charge is -1.96. The summed E-state index contributed by atoms with van der Waals surface area (Å²) in [4.78, 5) is 11.0. The fourth-order valence-electron chi connectivity index (χ4n) is 0.979. The standard InChI is InChI=1S/C9H15NO/c1-3-4-5-9(11)10-8-6-7(8)2/h4-5,7-8H,3,6H2,1-2H3,(H,10,11)/b5-4+. The highest BCUT2D eigenvalue weighted by molar-refractivity contribution is 5.87. The van der Waals surface area contributed by atoms with Crippen LogP contribution < -0.4 is 5.32 Å². The minimum absolute atomic E-state index is 0.0567. The second kappa shape index (κ2) is 3.56. The molecule has 2 unspecified atom stereocenters. The van der Waals surface area contributed by atoms with E-state index in [4.69, 9.17) is 0 Å². The number of hydrogen-bond acceptors (Lipinski definition) is 1. The summed E-state index contributed by atoms with van der Waals surface area (Å²) in [7, 11) is 0. The van der Waals surface area contributed by atoms with Gasteiger partial charge in [-0.3, -0.25) is 4.79 Å². The van der Waals surface area contributed by atoms with E-state index in [1.165, 1.54) is 0 Å². The van der Waals surface area contributed by atoms with E-state index in [-0.39, 0.29) is 5.91 Å². The van der Waals surface area contributed by atoms with Crippen LogP contribution in [0.3, 0.4) is 0 Å². The molecule has 0 heterocycles. The van der Waals surface area contributed by atoms with Crippen molar-refractivity contribution in [1.82, 2.24) is 5.32 Å². The summed E-state index contributed by atoms with van der Waals surface area (Å²) in [6.45, 7) is 4.16. The largest absolute Gasteiger partial charge is 0.350 e. The van der Waals surface area contributed by atoms with Crippen LogP contribution in [0, 0.1) is 5.92 Å². The average molecular weight is 153 g/mol. The summed E-state index contributed by atoms with van der Waals surface area (Å²) < 4.78 is 0. The van der Waals surface area contributed by atoms with E-state index in [1.54, 1.807) is 6.08 Å². The number of carbonyl (C=O) groups excluding carboxylic acids is 1. The summed E-state index contributed by atoms with van der Waals surface area (Å²) >= 11 is 0. The van der Waals surface area contributed by atoms with Gasteiger partial charge in [0.15, 0.2) is 0 Å². The van der Waals surface area contributed by atoms with Crippen molar-refractivity contribution in [2.24, 2.45) is 5.92 Å². The van der Waals surface area contributed by atoms with E-state index >= 15 is 0 Å². The number of nitrogens with one attached hydrogen (secondary N) is 1. The molecule has 0 bridgehead atoms. The molecule has 11 heavy (non-hydrogen) atoms. The lowest BCUT2D eigenvalue weighted by Crippen LogP contribution is -2.24. The molecular weight excluding hydrogens is 138 g/mol. The Morgan fingerprint density at radius 3 is 2.82 bits per heavy atom. The molecule has 2 atom stereocenters. The van der Waals surface area contributed by atoms with Crippen LogP contribution in [0.25, 0.3) is 0 Å². The van der Waals surface area contributed by atoms with Gasteiger partial charge in [-0.1, -0.05) is 19.9 Å².